The third-order valence-electron chi connectivity index (χ3n) is 2.30. The van der Waals surface area contributed by atoms with E-state index >= 15 is 0 Å². The summed E-state index contributed by atoms with van der Waals surface area (Å²) in [5, 5.41) is 3.11. The standard InChI is InChI=1S/C12H12FN3/c1-9-10(3-2-6-14-9)7-15-12-5-4-11(13)8-16-12/h2-6,8H,7H2,1H3,(H,15,16). The summed E-state index contributed by atoms with van der Waals surface area (Å²) in [6.07, 6.45) is 2.95. The first-order valence-electron chi connectivity index (χ1n) is 5.01. The van der Waals surface area contributed by atoms with Gasteiger partial charge in [0.15, 0.2) is 0 Å². The lowest BCUT2D eigenvalue weighted by Crippen LogP contribution is -2.03. The average Bonchev–Trinajstić information content (AvgIpc) is 2.30. The second kappa shape index (κ2) is 4.70. The molecule has 0 fully saturated rings. The van der Waals surface area contributed by atoms with Crippen molar-refractivity contribution in [1.29, 1.82) is 0 Å². The highest BCUT2D eigenvalue weighted by Crippen LogP contribution is 2.08. The zero-order chi connectivity index (χ0) is 11.4. The van der Waals surface area contributed by atoms with Gasteiger partial charge >= 0.3 is 0 Å². The van der Waals surface area contributed by atoms with Crippen LogP contribution in [0.2, 0.25) is 0 Å². The molecule has 0 atom stereocenters. The van der Waals surface area contributed by atoms with Gasteiger partial charge in [0.25, 0.3) is 0 Å². The van der Waals surface area contributed by atoms with Crippen LogP contribution in [0.5, 0.6) is 0 Å². The number of aryl methyl sites for hydroxylation is 1. The average molecular weight is 217 g/mol. The van der Waals surface area contributed by atoms with E-state index in [0.29, 0.717) is 12.4 Å². The monoisotopic (exact) mass is 217 g/mol. The predicted octanol–water partition coefficient (Wildman–Crippen LogP) is 2.54. The number of nitrogens with one attached hydrogen (secondary N) is 1. The second-order valence-corrected chi connectivity index (χ2v) is 3.46. The van der Waals surface area contributed by atoms with Gasteiger partial charge in [0, 0.05) is 18.4 Å². The van der Waals surface area contributed by atoms with Crippen molar-refractivity contribution >= 4 is 5.82 Å². The summed E-state index contributed by atoms with van der Waals surface area (Å²) >= 11 is 0. The van der Waals surface area contributed by atoms with Crippen molar-refractivity contribution in [3.05, 3.63) is 53.7 Å². The summed E-state index contributed by atoms with van der Waals surface area (Å²) in [6.45, 7) is 2.59. The molecule has 4 heteroatoms. The van der Waals surface area contributed by atoms with E-state index in [-0.39, 0.29) is 5.82 Å². The van der Waals surface area contributed by atoms with Crippen LogP contribution in [-0.4, -0.2) is 9.97 Å². The lowest BCUT2D eigenvalue weighted by atomic mass is 10.2. The fraction of sp³-hybridized carbons (Fsp3) is 0.167. The van der Waals surface area contributed by atoms with Crippen LogP contribution >= 0.6 is 0 Å². The fourth-order valence-corrected chi connectivity index (χ4v) is 1.37. The minimum Gasteiger partial charge on any atom is -0.366 e. The number of halogens is 1. The predicted molar refractivity (Wildman–Crippen MR) is 60.5 cm³/mol. The van der Waals surface area contributed by atoms with Crippen molar-refractivity contribution in [1.82, 2.24) is 9.97 Å². The molecule has 0 bridgehead atoms. The molecule has 82 valence electrons. The van der Waals surface area contributed by atoms with Crippen molar-refractivity contribution in [3.8, 4) is 0 Å². The van der Waals surface area contributed by atoms with Gasteiger partial charge in [-0.2, -0.15) is 0 Å². The third-order valence-corrected chi connectivity index (χ3v) is 2.30. The Labute approximate surface area is 93.4 Å². The molecule has 2 aromatic rings. The molecule has 0 aromatic carbocycles. The van der Waals surface area contributed by atoms with Gasteiger partial charge in [-0.15, -0.1) is 0 Å². The van der Waals surface area contributed by atoms with Crippen LogP contribution in [0.25, 0.3) is 0 Å². The molecule has 0 radical (unpaired) electrons. The Morgan fingerprint density at radius 1 is 1.25 bits per heavy atom. The van der Waals surface area contributed by atoms with Crippen molar-refractivity contribution in [2.24, 2.45) is 0 Å². The largest absolute Gasteiger partial charge is 0.366 e. The molecular weight excluding hydrogens is 205 g/mol. The van der Waals surface area contributed by atoms with Crippen LogP contribution in [0.4, 0.5) is 10.2 Å². The molecule has 2 heterocycles. The minimum atomic E-state index is -0.330. The van der Waals surface area contributed by atoms with E-state index in [4.69, 9.17) is 0 Å². The van der Waals surface area contributed by atoms with E-state index in [1.165, 1.54) is 12.3 Å². The molecule has 3 nitrogen and oxygen atoms in total. The number of hydrogen-bond acceptors (Lipinski definition) is 3. The number of hydrogen-bond donors (Lipinski definition) is 1. The Balaban J connectivity index is 2.02. The molecule has 0 spiro atoms. The zero-order valence-corrected chi connectivity index (χ0v) is 8.94. The number of rotatable bonds is 3. The highest BCUT2D eigenvalue weighted by Gasteiger charge is 1.99. The summed E-state index contributed by atoms with van der Waals surface area (Å²) in [7, 11) is 0. The number of nitrogens with zero attached hydrogens (tertiary/aromatic N) is 2. The number of aromatic nitrogens is 2. The quantitative estimate of drug-likeness (QED) is 0.858. The summed E-state index contributed by atoms with van der Waals surface area (Å²) in [5.41, 5.74) is 2.09. The molecule has 0 amide bonds. The molecular formula is C12H12FN3. The van der Waals surface area contributed by atoms with Gasteiger partial charge in [-0.05, 0) is 30.7 Å². The summed E-state index contributed by atoms with van der Waals surface area (Å²) in [4.78, 5) is 8.10. The van der Waals surface area contributed by atoms with Crippen LogP contribution in [0.15, 0.2) is 36.7 Å². The van der Waals surface area contributed by atoms with E-state index in [2.05, 4.69) is 15.3 Å². The Morgan fingerprint density at radius 3 is 2.81 bits per heavy atom. The first kappa shape index (κ1) is 10.5. The SMILES string of the molecule is Cc1ncccc1CNc1ccc(F)cn1. The van der Waals surface area contributed by atoms with Crippen molar-refractivity contribution in [2.75, 3.05) is 5.32 Å². The summed E-state index contributed by atoms with van der Waals surface area (Å²) in [6, 6.07) is 6.88. The smallest absolute Gasteiger partial charge is 0.141 e. The van der Waals surface area contributed by atoms with Gasteiger partial charge in [-0.25, -0.2) is 9.37 Å². The van der Waals surface area contributed by atoms with E-state index in [9.17, 15) is 4.39 Å². The Hall–Kier alpha value is -1.97. The van der Waals surface area contributed by atoms with E-state index in [1.54, 1.807) is 12.3 Å². The minimum absolute atomic E-state index is 0.330. The molecule has 0 aliphatic heterocycles. The maximum absolute atomic E-state index is 12.6. The molecule has 2 rings (SSSR count). The Kier molecular flexibility index (Phi) is 3.10. The van der Waals surface area contributed by atoms with Gasteiger partial charge in [0.1, 0.15) is 11.6 Å². The van der Waals surface area contributed by atoms with Crippen molar-refractivity contribution in [2.45, 2.75) is 13.5 Å². The maximum Gasteiger partial charge on any atom is 0.141 e. The van der Waals surface area contributed by atoms with E-state index in [1.807, 2.05) is 19.1 Å². The summed E-state index contributed by atoms with van der Waals surface area (Å²) < 4.78 is 12.6. The topological polar surface area (TPSA) is 37.8 Å². The van der Waals surface area contributed by atoms with Crippen LogP contribution in [0.1, 0.15) is 11.3 Å². The van der Waals surface area contributed by atoms with Gasteiger partial charge in [-0.3, -0.25) is 4.98 Å². The molecule has 0 saturated heterocycles. The number of pyridine rings is 2. The van der Waals surface area contributed by atoms with Crippen LogP contribution in [-0.2, 0) is 6.54 Å². The molecule has 0 aliphatic rings. The van der Waals surface area contributed by atoms with Gasteiger partial charge in [0.2, 0.25) is 0 Å². The molecule has 16 heavy (non-hydrogen) atoms. The van der Waals surface area contributed by atoms with E-state index < -0.39 is 0 Å². The Bertz CT molecular complexity index is 468. The zero-order valence-electron chi connectivity index (χ0n) is 8.94. The lowest BCUT2D eigenvalue weighted by molar-refractivity contribution is 0.621. The first-order chi connectivity index (χ1) is 7.75. The maximum atomic E-state index is 12.6. The third kappa shape index (κ3) is 2.53. The van der Waals surface area contributed by atoms with Gasteiger partial charge in [-0.1, -0.05) is 6.07 Å². The van der Waals surface area contributed by atoms with Crippen LogP contribution in [0, 0.1) is 12.7 Å². The first-order valence-corrected chi connectivity index (χ1v) is 5.01. The number of anilines is 1. The molecule has 0 saturated carbocycles. The second-order valence-electron chi connectivity index (χ2n) is 3.46. The highest BCUT2D eigenvalue weighted by atomic mass is 19.1. The summed E-state index contributed by atoms with van der Waals surface area (Å²) in [5.74, 6) is 0.327. The molecule has 0 aliphatic carbocycles. The normalized spacial score (nSPS) is 10.1. The van der Waals surface area contributed by atoms with E-state index in [0.717, 1.165) is 11.3 Å². The van der Waals surface area contributed by atoms with Crippen molar-refractivity contribution in [3.63, 3.8) is 0 Å². The van der Waals surface area contributed by atoms with Crippen LogP contribution in [0.3, 0.4) is 0 Å². The highest BCUT2D eigenvalue weighted by molar-refractivity contribution is 5.35. The van der Waals surface area contributed by atoms with Gasteiger partial charge in [0.05, 0.1) is 6.20 Å². The van der Waals surface area contributed by atoms with Gasteiger partial charge < -0.3 is 5.32 Å². The molecule has 1 N–H and O–H groups in total. The fourth-order valence-electron chi connectivity index (χ4n) is 1.37. The lowest BCUT2D eigenvalue weighted by Gasteiger charge is -2.07. The Morgan fingerprint density at radius 2 is 2.12 bits per heavy atom. The molecule has 0 unspecified atom stereocenters. The molecule has 2 aromatic heterocycles. The van der Waals surface area contributed by atoms with Crippen LogP contribution < -0.4 is 5.32 Å². The van der Waals surface area contributed by atoms with Crippen molar-refractivity contribution < 1.29 is 4.39 Å².